The molecule has 0 saturated heterocycles. The van der Waals surface area contributed by atoms with Crippen molar-refractivity contribution in [2.45, 2.75) is 20.0 Å². The van der Waals surface area contributed by atoms with Gasteiger partial charge in [0.1, 0.15) is 0 Å². The number of nitrogens with zero attached hydrogens (tertiary/aromatic N) is 6. The highest BCUT2D eigenvalue weighted by Crippen LogP contribution is 2.13. The summed E-state index contributed by atoms with van der Waals surface area (Å²) in [5.41, 5.74) is 2.01. The summed E-state index contributed by atoms with van der Waals surface area (Å²) >= 11 is 3.42. The lowest BCUT2D eigenvalue weighted by Gasteiger charge is -1.99. The van der Waals surface area contributed by atoms with Crippen LogP contribution in [0, 0.1) is 0 Å². The number of aryl methyl sites for hydroxylation is 1. The molecule has 1 aromatic carbocycles. The first-order valence-electron chi connectivity index (χ1n) is 6.29. The van der Waals surface area contributed by atoms with Gasteiger partial charge in [0.15, 0.2) is 0 Å². The van der Waals surface area contributed by atoms with Gasteiger partial charge in [-0.15, -0.1) is 10.2 Å². The molecule has 2 aromatic heterocycles. The number of benzene rings is 1. The summed E-state index contributed by atoms with van der Waals surface area (Å²) in [6.07, 6.45) is 3.67. The minimum absolute atomic E-state index is 0.599. The van der Waals surface area contributed by atoms with Crippen LogP contribution in [-0.2, 0) is 13.1 Å². The van der Waals surface area contributed by atoms with Crippen LogP contribution in [-0.4, -0.2) is 30.0 Å². The number of halogens is 1. The highest BCUT2D eigenvalue weighted by molar-refractivity contribution is 9.10. The van der Waals surface area contributed by atoms with E-state index in [0.29, 0.717) is 12.4 Å². The summed E-state index contributed by atoms with van der Waals surface area (Å²) in [6, 6.07) is 8.06. The van der Waals surface area contributed by atoms with Crippen LogP contribution in [0.5, 0.6) is 0 Å². The summed E-state index contributed by atoms with van der Waals surface area (Å²) in [5, 5.41) is 16.7. The maximum Gasteiger partial charge on any atom is 0.208 e. The van der Waals surface area contributed by atoms with E-state index in [-0.39, 0.29) is 0 Å². The smallest absolute Gasteiger partial charge is 0.208 e. The van der Waals surface area contributed by atoms with Crippen LogP contribution < -0.4 is 0 Å². The second-order valence-electron chi connectivity index (χ2n) is 4.35. The van der Waals surface area contributed by atoms with Crippen molar-refractivity contribution in [1.82, 2.24) is 30.0 Å². The molecule has 0 aliphatic heterocycles. The minimum atomic E-state index is 0.599. The number of aromatic nitrogens is 6. The van der Waals surface area contributed by atoms with Crippen molar-refractivity contribution < 1.29 is 0 Å². The molecular formula is C13H13BrN6. The van der Waals surface area contributed by atoms with Crippen molar-refractivity contribution in [2.75, 3.05) is 0 Å². The quantitative estimate of drug-likeness (QED) is 0.735. The molecule has 102 valence electrons. The molecule has 0 bridgehead atoms. The maximum atomic E-state index is 4.38. The standard InChI is InChI=1S/C13H13BrN6/c1-2-19-9-11(7-15-19)13-16-18-20(17-13)8-10-3-5-12(14)6-4-10/h3-7,9H,2,8H2,1H3. The lowest BCUT2D eigenvalue weighted by molar-refractivity contribution is 0.573. The lowest BCUT2D eigenvalue weighted by Crippen LogP contribution is -2.03. The zero-order chi connectivity index (χ0) is 13.9. The predicted octanol–water partition coefficient (Wildman–Crippen LogP) is 2.37. The lowest BCUT2D eigenvalue weighted by atomic mass is 10.2. The van der Waals surface area contributed by atoms with Gasteiger partial charge in [-0.2, -0.15) is 9.90 Å². The van der Waals surface area contributed by atoms with Gasteiger partial charge in [0.2, 0.25) is 5.82 Å². The summed E-state index contributed by atoms with van der Waals surface area (Å²) in [7, 11) is 0. The van der Waals surface area contributed by atoms with E-state index in [1.54, 1.807) is 11.0 Å². The van der Waals surface area contributed by atoms with Crippen LogP contribution in [0.3, 0.4) is 0 Å². The summed E-state index contributed by atoms with van der Waals surface area (Å²) in [6.45, 7) is 3.46. The van der Waals surface area contributed by atoms with Gasteiger partial charge in [0.25, 0.3) is 0 Å². The fraction of sp³-hybridized carbons (Fsp3) is 0.231. The topological polar surface area (TPSA) is 61.4 Å². The molecule has 0 N–H and O–H groups in total. The fourth-order valence-corrected chi connectivity index (χ4v) is 2.10. The highest BCUT2D eigenvalue weighted by atomic mass is 79.9. The molecule has 0 unspecified atom stereocenters. The molecule has 2 heterocycles. The number of rotatable bonds is 4. The van der Waals surface area contributed by atoms with E-state index >= 15 is 0 Å². The van der Waals surface area contributed by atoms with E-state index < -0.39 is 0 Å². The van der Waals surface area contributed by atoms with Crippen molar-refractivity contribution in [1.29, 1.82) is 0 Å². The van der Waals surface area contributed by atoms with E-state index in [4.69, 9.17) is 0 Å². The Kier molecular flexibility index (Phi) is 3.60. The van der Waals surface area contributed by atoms with Gasteiger partial charge in [-0.25, -0.2) is 0 Å². The largest absolute Gasteiger partial charge is 0.272 e. The molecule has 0 amide bonds. The Bertz CT molecular complexity index is 700. The van der Waals surface area contributed by atoms with E-state index in [0.717, 1.165) is 22.1 Å². The Morgan fingerprint density at radius 3 is 2.70 bits per heavy atom. The van der Waals surface area contributed by atoms with Gasteiger partial charge in [-0.3, -0.25) is 4.68 Å². The summed E-state index contributed by atoms with van der Waals surface area (Å²) in [5.74, 6) is 0.599. The maximum absolute atomic E-state index is 4.38. The molecule has 3 rings (SSSR count). The van der Waals surface area contributed by atoms with Crippen LogP contribution >= 0.6 is 15.9 Å². The Balaban J connectivity index is 1.78. The predicted molar refractivity (Wildman–Crippen MR) is 78.0 cm³/mol. The Morgan fingerprint density at radius 1 is 1.20 bits per heavy atom. The Hall–Kier alpha value is -2.02. The molecular weight excluding hydrogens is 320 g/mol. The minimum Gasteiger partial charge on any atom is -0.272 e. The molecule has 0 aliphatic carbocycles. The monoisotopic (exact) mass is 332 g/mol. The average molecular weight is 333 g/mol. The summed E-state index contributed by atoms with van der Waals surface area (Å²) in [4.78, 5) is 1.59. The Morgan fingerprint density at radius 2 is 2.00 bits per heavy atom. The molecule has 7 heteroatoms. The van der Waals surface area contributed by atoms with Crippen LogP contribution in [0.25, 0.3) is 11.4 Å². The first kappa shape index (κ1) is 13.0. The van der Waals surface area contributed by atoms with Gasteiger partial charge < -0.3 is 0 Å². The normalized spacial score (nSPS) is 10.9. The Labute approximate surface area is 124 Å². The zero-order valence-corrected chi connectivity index (χ0v) is 12.5. The van der Waals surface area contributed by atoms with Crippen molar-refractivity contribution in [2.24, 2.45) is 0 Å². The number of hydrogen-bond acceptors (Lipinski definition) is 4. The van der Waals surface area contributed by atoms with E-state index in [9.17, 15) is 0 Å². The van der Waals surface area contributed by atoms with Crippen LogP contribution in [0.2, 0.25) is 0 Å². The van der Waals surface area contributed by atoms with Gasteiger partial charge in [-0.1, -0.05) is 28.1 Å². The second kappa shape index (κ2) is 5.54. The molecule has 0 atom stereocenters. The third kappa shape index (κ3) is 2.77. The average Bonchev–Trinajstić information content (AvgIpc) is 3.10. The van der Waals surface area contributed by atoms with Gasteiger partial charge in [0, 0.05) is 17.2 Å². The SMILES string of the molecule is CCn1cc(-c2nnn(Cc3ccc(Br)cc3)n2)cn1. The zero-order valence-electron chi connectivity index (χ0n) is 10.9. The number of tetrazole rings is 1. The van der Waals surface area contributed by atoms with Crippen molar-refractivity contribution in [3.05, 3.63) is 46.7 Å². The molecule has 0 aliphatic rings. The third-order valence-corrected chi connectivity index (χ3v) is 3.43. The molecule has 0 spiro atoms. The first-order chi connectivity index (χ1) is 9.74. The third-order valence-electron chi connectivity index (χ3n) is 2.91. The van der Waals surface area contributed by atoms with Crippen LogP contribution in [0.1, 0.15) is 12.5 Å². The number of hydrogen-bond donors (Lipinski definition) is 0. The van der Waals surface area contributed by atoms with Gasteiger partial charge in [0.05, 0.1) is 18.3 Å². The van der Waals surface area contributed by atoms with Crippen LogP contribution in [0.4, 0.5) is 0 Å². The molecule has 0 fully saturated rings. The second-order valence-corrected chi connectivity index (χ2v) is 5.27. The molecule has 6 nitrogen and oxygen atoms in total. The molecule has 20 heavy (non-hydrogen) atoms. The van der Waals surface area contributed by atoms with E-state index in [1.165, 1.54) is 0 Å². The van der Waals surface area contributed by atoms with Crippen molar-refractivity contribution in [3.8, 4) is 11.4 Å². The van der Waals surface area contributed by atoms with Gasteiger partial charge >= 0.3 is 0 Å². The molecule has 3 aromatic rings. The highest BCUT2D eigenvalue weighted by Gasteiger charge is 2.08. The van der Waals surface area contributed by atoms with Gasteiger partial charge in [-0.05, 0) is 29.8 Å². The summed E-state index contributed by atoms with van der Waals surface area (Å²) < 4.78 is 2.89. The van der Waals surface area contributed by atoms with E-state index in [2.05, 4.69) is 36.4 Å². The first-order valence-corrected chi connectivity index (χ1v) is 7.09. The molecule has 0 radical (unpaired) electrons. The van der Waals surface area contributed by atoms with Crippen molar-refractivity contribution in [3.63, 3.8) is 0 Å². The molecule has 0 saturated carbocycles. The van der Waals surface area contributed by atoms with Crippen molar-refractivity contribution >= 4 is 15.9 Å². The van der Waals surface area contributed by atoms with E-state index in [1.807, 2.05) is 42.1 Å². The van der Waals surface area contributed by atoms with Crippen LogP contribution in [0.15, 0.2) is 41.1 Å². The fourth-order valence-electron chi connectivity index (χ4n) is 1.83.